The third-order valence-corrected chi connectivity index (χ3v) is 2.84. The fourth-order valence-electron chi connectivity index (χ4n) is 2.03. The van der Waals surface area contributed by atoms with Crippen LogP contribution in [0.25, 0.3) is 10.9 Å². The Morgan fingerprint density at radius 1 is 1.25 bits per heavy atom. The van der Waals surface area contributed by atoms with E-state index in [-0.39, 0.29) is 10.6 Å². The molecular formula is C12H12N2O2. The Bertz CT molecular complexity index is 591. The van der Waals surface area contributed by atoms with Gasteiger partial charge in [-0.15, -0.1) is 0 Å². The van der Waals surface area contributed by atoms with Crippen molar-refractivity contribution in [1.82, 2.24) is 4.98 Å². The Labute approximate surface area is 93.1 Å². The number of aromatic nitrogens is 1. The van der Waals surface area contributed by atoms with Crippen molar-refractivity contribution in [3.05, 3.63) is 45.1 Å². The lowest BCUT2D eigenvalue weighted by molar-refractivity contribution is -0.385. The van der Waals surface area contributed by atoms with E-state index in [9.17, 15) is 10.1 Å². The molecule has 2 rings (SSSR count). The second kappa shape index (κ2) is 3.56. The standard InChI is InChI=1S/C12H12N2O2/c1-7-4-5-13-12-8(2)6-10(14(15)16)9(3)11(7)12/h4-6H,1-3H3. The molecule has 0 amide bonds. The summed E-state index contributed by atoms with van der Waals surface area (Å²) in [6.45, 7) is 5.57. The highest BCUT2D eigenvalue weighted by Crippen LogP contribution is 2.30. The first kappa shape index (κ1) is 10.5. The van der Waals surface area contributed by atoms with E-state index in [1.165, 1.54) is 0 Å². The number of hydrogen-bond donors (Lipinski definition) is 0. The molecule has 0 aliphatic heterocycles. The molecule has 1 aromatic carbocycles. The fourth-order valence-corrected chi connectivity index (χ4v) is 2.03. The lowest BCUT2D eigenvalue weighted by atomic mass is 10.00. The van der Waals surface area contributed by atoms with Gasteiger partial charge in [0.25, 0.3) is 5.69 Å². The molecule has 0 fully saturated rings. The molecule has 2 aromatic rings. The third kappa shape index (κ3) is 1.43. The second-order valence-corrected chi connectivity index (χ2v) is 3.95. The first-order chi connectivity index (χ1) is 7.52. The first-order valence-electron chi connectivity index (χ1n) is 5.02. The highest BCUT2D eigenvalue weighted by molar-refractivity contribution is 5.90. The molecule has 0 N–H and O–H groups in total. The van der Waals surface area contributed by atoms with Gasteiger partial charge in [0, 0.05) is 23.2 Å². The quantitative estimate of drug-likeness (QED) is 0.543. The summed E-state index contributed by atoms with van der Waals surface area (Å²) in [5.41, 5.74) is 3.57. The normalized spacial score (nSPS) is 10.7. The number of aryl methyl sites for hydroxylation is 3. The molecule has 0 atom stereocenters. The Hall–Kier alpha value is -1.97. The minimum Gasteiger partial charge on any atom is -0.258 e. The largest absolute Gasteiger partial charge is 0.273 e. The summed E-state index contributed by atoms with van der Waals surface area (Å²) in [5, 5.41) is 11.8. The van der Waals surface area contributed by atoms with Crippen molar-refractivity contribution >= 4 is 16.6 Å². The molecule has 0 spiro atoms. The summed E-state index contributed by atoms with van der Waals surface area (Å²) in [5.74, 6) is 0. The van der Waals surface area contributed by atoms with Crippen LogP contribution in [0.1, 0.15) is 16.7 Å². The van der Waals surface area contributed by atoms with E-state index in [0.29, 0.717) is 5.56 Å². The van der Waals surface area contributed by atoms with Gasteiger partial charge in [0.2, 0.25) is 0 Å². The van der Waals surface area contributed by atoms with Crippen molar-refractivity contribution in [2.24, 2.45) is 0 Å². The lowest BCUT2D eigenvalue weighted by Gasteiger charge is -2.08. The van der Waals surface area contributed by atoms with Gasteiger partial charge in [-0.2, -0.15) is 0 Å². The maximum atomic E-state index is 10.9. The molecule has 1 aromatic heterocycles. The molecule has 0 saturated carbocycles. The SMILES string of the molecule is Cc1cc([N+](=O)[O-])c(C)c2c(C)ccnc12. The van der Waals surface area contributed by atoms with E-state index in [4.69, 9.17) is 0 Å². The van der Waals surface area contributed by atoms with Gasteiger partial charge >= 0.3 is 0 Å². The number of fused-ring (bicyclic) bond motifs is 1. The van der Waals surface area contributed by atoms with Gasteiger partial charge in [-0.25, -0.2) is 0 Å². The third-order valence-electron chi connectivity index (χ3n) is 2.84. The van der Waals surface area contributed by atoms with Crippen LogP contribution in [0, 0.1) is 30.9 Å². The maximum Gasteiger partial charge on any atom is 0.273 e. The van der Waals surface area contributed by atoms with E-state index < -0.39 is 0 Å². The van der Waals surface area contributed by atoms with Crippen molar-refractivity contribution in [2.45, 2.75) is 20.8 Å². The predicted octanol–water partition coefficient (Wildman–Crippen LogP) is 3.07. The zero-order valence-corrected chi connectivity index (χ0v) is 9.44. The molecule has 0 bridgehead atoms. The van der Waals surface area contributed by atoms with Crippen molar-refractivity contribution in [1.29, 1.82) is 0 Å². The first-order valence-corrected chi connectivity index (χ1v) is 5.02. The molecular weight excluding hydrogens is 204 g/mol. The van der Waals surface area contributed by atoms with E-state index >= 15 is 0 Å². The highest BCUT2D eigenvalue weighted by Gasteiger charge is 2.16. The second-order valence-electron chi connectivity index (χ2n) is 3.95. The molecule has 0 aliphatic rings. The van der Waals surface area contributed by atoms with Crippen LogP contribution in [-0.4, -0.2) is 9.91 Å². The molecule has 82 valence electrons. The lowest BCUT2D eigenvalue weighted by Crippen LogP contribution is -1.97. The molecule has 0 unspecified atom stereocenters. The molecule has 4 nitrogen and oxygen atoms in total. The van der Waals surface area contributed by atoms with Gasteiger partial charge in [-0.1, -0.05) is 0 Å². The van der Waals surface area contributed by atoms with E-state index in [2.05, 4.69) is 4.98 Å². The summed E-state index contributed by atoms with van der Waals surface area (Å²) < 4.78 is 0. The minimum atomic E-state index is -0.339. The van der Waals surface area contributed by atoms with E-state index in [1.54, 1.807) is 19.2 Å². The van der Waals surface area contributed by atoms with Gasteiger partial charge in [-0.3, -0.25) is 15.1 Å². The van der Waals surface area contributed by atoms with Crippen LogP contribution >= 0.6 is 0 Å². The highest BCUT2D eigenvalue weighted by atomic mass is 16.6. The van der Waals surface area contributed by atoms with Crippen molar-refractivity contribution in [3.8, 4) is 0 Å². The van der Waals surface area contributed by atoms with Crippen LogP contribution in [0.15, 0.2) is 18.3 Å². The zero-order valence-electron chi connectivity index (χ0n) is 9.44. The topological polar surface area (TPSA) is 56.0 Å². The Balaban J connectivity index is 2.98. The number of pyridine rings is 1. The van der Waals surface area contributed by atoms with Crippen LogP contribution in [0.2, 0.25) is 0 Å². The van der Waals surface area contributed by atoms with Gasteiger partial charge in [0.1, 0.15) is 0 Å². The smallest absolute Gasteiger partial charge is 0.258 e. The monoisotopic (exact) mass is 216 g/mol. The molecule has 0 aliphatic carbocycles. The summed E-state index contributed by atoms with van der Waals surface area (Å²) in [6, 6.07) is 3.46. The number of nitrogens with zero attached hydrogens (tertiary/aromatic N) is 2. The number of nitro benzene ring substituents is 1. The van der Waals surface area contributed by atoms with Gasteiger partial charge < -0.3 is 0 Å². The predicted molar refractivity (Wildman–Crippen MR) is 62.6 cm³/mol. The average Bonchev–Trinajstić information content (AvgIpc) is 2.22. The minimum absolute atomic E-state index is 0.168. The van der Waals surface area contributed by atoms with Crippen LogP contribution < -0.4 is 0 Å². The van der Waals surface area contributed by atoms with Crippen LogP contribution in [0.3, 0.4) is 0 Å². The summed E-state index contributed by atoms with van der Waals surface area (Å²) >= 11 is 0. The number of benzene rings is 1. The number of hydrogen-bond acceptors (Lipinski definition) is 3. The van der Waals surface area contributed by atoms with Gasteiger partial charge in [-0.05, 0) is 38.0 Å². The Morgan fingerprint density at radius 2 is 1.94 bits per heavy atom. The molecule has 1 heterocycles. The molecule has 0 radical (unpaired) electrons. The van der Waals surface area contributed by atoms with E-state index in [0.717, 1.165) is 22.0 Å². The summed E-state index contributed by atoms with van der Waals surface area (Å²) in [7, 11) is 0. The molecule has 4 heteroatoms. The number of rotatable bonds is 1. The fraction of sp³-hybridized carbons (Fsp3) is 0.250. The Morgan fingerprint density at radius 3 is 2.56 bits per heavy atom. The van der Waals surface area contributed by atoms with Crippen LogP contribution in [0.5, 0.6) is 0 Å². The van der Waals surface area contributed by atoms with Crippen LogP contribution in [-0.2, 0) is 0 Å². The van der Waals surface area contributed by atoms with Crippen molar-refractivity contribution in [2.75, 3.05) is 0 Å². The molecule has 16 heavy (non-hydrogen) atoms. The maximum absolute atomic E-state index is 10.9. The number of nitro groups is 1. The average molecular weight is 216 g/mol. The van der Waals surface area contributed by atoms with Crippen molar-refractivity contribution in [3.63, 3.8) is 0 Å². The summed E-state index contributed by atoms with van der Waals surface area (Å²) in [4.78, 5) is 14.9. The zero-order chi connectivity index (χ0) is 11.9. The van der Waals surface area contributed by atoms with Gasteiger partial charge in [0.05, 0.1) is 10.4 Å². The molecule has 0 saturated heterocycles. The Kier molecular flexibility index (Phi) is 2.34. The van der Waals surface area contributed by atoms with Gasteiger partial charge in [0.15, 0.2) is 0 Å². The van der Waals surface area contributed by atoms with E-state index in [1.807, 2.05) is 19.9 Å². The van der Waals surface area contributed by atoms with Crippen molar-refractivity contribution < 1.29 is 4.92 Å². The van der Waals surface area contributed by atoms with Crippen LogP contribution in [0.4, 0.5) is 5.69 Å². The summed E-state index contributed by atoms with van der Waals surface area (Å²) in [6.07, 6.45) is 1.73.